The Balaban J connectivity index is 1.81. The zero-order valence-electron chi connectivity index (χ0n) is 11.1. The maximum absolute atomic E-state index is 12.6. The minimum atomic E-state index is -0.161. The highest BCUT2D eigenvalue weighted by Crippen LogP contribution is 2.35. The van der Waals surface area contributed by atoms with Gasteiger partial charge in [-0.25, -0.2) is 0 Å². The quantitative estimate of drug-likeness (QED) is 0.841. The molecule has 4 nitrogen and oxygen atoms in total. The van der Waals surface area contributed by atoms with Gasteiger partial charge in [-0.05, 0) is 37.7 Å². The minimum Gasteiger partial charge on any atom is -0.335 e. The predicted octanol–water partition coefficient (Wildman–Crippen LogP) is 2.17. The number of aromatic nitrogens is 1. The van der Waals surface area contributed by atoms with Crippen molar-refractivity contribution in [1.82, 2.24) is 9.88 Å². The highest BCUT2D eigenvalue weighted by atomic mass is 16.2. The zero-order chi connectivity index (χ0) is 13.2. The Morgan fingerprint density at radius 1 is 1.16 bits per heavy atom. The number of fused-ring (bicyclic) bond motifs is 1. The summed E-state index contributed by atoms with van der Waals surface area (Å²) in [7, 11) is 0. The molecule has 3 rings (SSSR count). The molecule has 0 spiro atoms. The highest BCUT2D eigenvalue weighted by molar-refractivity contribution is 5.94. The average Bonchev–Trinajstić information content (AvgIpc) is 2.47. The molecule has 102 valence electrons. The lowest BCUT2D eigenvalue weighted by Gasteiger charge is -2.44. The van der Waals surface area contributed by atoms with E-state index >= 15 is 0 Å². The summed E-state index contributed by atoms with van der Waals surface area (Å²) in [6.07, 6.45) is 8.85. The van der Waals surface area contributed by atoms with Gasteiger partial charge in [-0.2, -0.15) is 0 Å². The molecular formula is C15H20N2O2. The van der Waals surface area contributed by atoms with Crippen molar-refractivity contribution < 1.29 is 4.79 Å². The molecule has 2 atom stereocenters. The number of likely N-dealkylation sites (tertiary alicyclic amines) is 1. The van der Waals surface area contributed by atoms with Crippen LogP contribution in [0.4, 0.5) is 0 Å². The lowest BCUT2D eigenvalue weighted by molar-refractivity contribution is 0.0390. The van der Waals surface area contributed by atoms with Crippen LogP contribution in [0.2, 0.25) is 0 Å². The van der Waals surface area contributed by atoms with Gasteiger partial charge in [0.05, 0.1) is 5.56 Å². The highest BCUT2D eigenvalue weighted by Gasteiger charge is 2.35. The first-order valence-corrected chi connectivity index (χ1v) is 7.25. The first-order valence-electron chi connectivity index (χ1n) is 7.25. The smallest absolute Gasteiger partial charge is 0.255 e. The van der Waals surface area contributed by atoms with Crippen molar-refractivity contribution in [2.24, 2.45) is 5.92 Å². The van der Waals surface area contributed by atoms with Crippen LogP contribution in [-0.4, -0.2) is 28.4 Å². The largest absolute Gasteiger partial charge is 0.335 e. The lowest BCUT2D eigenvalue weighted by Crippen LogP contribution is -2.49. The molecule has 1 aliphatic heterocycles. The van der Waals surface area contributed by atoms with Crippen LogP contribution < -0.4 is 5.56 Å². The van der Waals surface area contributed by atoms with E-state index in [0.717, 1.165) is 19.4 Å². The van der Waals surface area contributed by atoms with Crippen molar-refractivity contribution in [3.63, 3.8) is 0 Å². The van der Waals surface area contributed by atoms with Gasteiger partial charge < -0.3 is 9.88 Å². The second kappa shape index (κ2) is 5.19. The normalized spacial score (nSPS) is 26.8. The zero-order valence-corrected chi connectivity index (χ0v) is 11.1. The number of hydrogen-bond donors (Lipinski definition) is 1. The van der Waals surface area contributed by atoms with Crippen molar-refractivity contribution in [1.29, 1.82) is 0 Å². The third-order valence-corrected chi connectivity index (χ3v) is 4.54. The van der Waals surface area contributed by atoms with Crippen LogP contribution in [0.1, 0.15) is 48.9 Å². The molecule has 1 amide bonds. The summed E-state index contributed by atoms with van der Waals surface area (Å²) in [5.74, 6) is 0.766. The third-order valence-electron chi connectivity index (χ3n) is 4.54. The molecule has 4 heteroatoms. The van der Waals surface area contributed by atoms with Gasteiger partial charge in [-0.1, -0.05) is 12.8 Å². The Bertz CT molecular complexity index is 501. The molecule has 2 fully saturated rings. The number of rotatable bonds is 1. The number of carbonyl (C=O) groups is 1. The first-order chi connectivity index (χ1) is 9.25. The third kappa shape index (κ3) is 2.44. The fourth-order valence-corrected chi connectivity index (χ4v) is 3.59. The number of carbonyl (C=O) groups excluding carboxylic acids is 1. The van der Waals surface area contributed by atoms with Gasteiger partial charge in [0.2, 0.25) is 5.56 Å². The Morgan fingerprint density at radius 3 is 2.74 bits per heavy atom. The maximum atomic E-state index is 12.6. The molecule has 0 bridgehead atoms. The minimum absolute atomic E-state index is 0.0767. The molecule has 1 aliphatic carbocycles. The molecule has 0 aromatic carbocycles. The standard InChI is InChI=1S/C15H20N2O2/c18-14-8-7-12(10-16-14)15(19)17-9-3-5-11-4-1-2-6-13(11)17/h7-8,10-11,13H,1-6,9H2,(H,16,18)/t11-,13-/m1/s1. The van der Waals surface area contributed by atoms with Crippen LogP contribution in [-0.2, 0) is 0 Å². The van der Waals surface area contributed by atoms with E-state index in [2.05, 4.69) is 4.98 Å². The van der Waals surface area contributed by atoms with E-state index in [-0.39, 0.29) is 11.5 Å². The molecule has 1 saturated heterocycles. The van der Waals surface area contributed by atoms with Crippen molar-refractivity contribution in [2.45, 2.75) is 44.6 Å². The Hall–Kier alpha value is -1.58. The predicted molar refractivity (Wildman–Crippen MR) is 73.1 cm³/mol. The number of nitrogens with zero attached hydrogens (tertiary/aromatic N) is 1. The number of piperidine rings is 1. The Kier molecular flexibility index (Phi) is 3.40. The topological polar surface area (TPSA) is 53.2 Å². The molecule has 19 heavy (non-hydrogen) atoms. The van der Waals surface area contributed by atoms with Crippen molar-refractivity contribution in [3.05, 3.63) is 34.2 Å². The molecule has 0 radical (unpaired) electrons. The Labute approximate surface area is 112 Å². The van der Waals surface area contributed by atoms with Gasteiger partial charge in [-0.15, -0.1) is 0 Å². The van der Waals surface area contributed by atoms with Gasteiger partial charge in [0.15, 0.2) is 0 Å². The second-order valence-electron chi connectivity index (χ2n) is 5.69. The summed E-state index contributed by atoms with van der Waals surface area (Å²) < 4.78 is 0. The fraction of sp³-hybridized carbons (Fsp3) is 0.600. The molecule has 1 N–H and O–H groups in total. The molecule has 1 aromatic heterocycles. The second-order valence-corrected chi connectivity index (χ2v) is 5.69. The summed E-state index contributed by atoms with van der Waals surface area (Å²) in [4.78, 5) is 28.3. The molecule has 1 saturated carbocycles. The number of amides is 1. The van der Waals surface area contributed by atoms with E-state index in [1.807, 2.05) is 4.90 Å². The SMILES string of the molecule is O=C(c1ccc(=O)[nH]c1)N1CCC[C@H]2CCCC[C@H]21. The number of aromatic amines is 1. The molecule has 0 unspecified atom stereocenters. The van der Waals surface area contributed by atoms with Gasteiger partial charge in [0, 0.05) is 24.8 Å². The molecular weight excluding hydrogens is 240 g/mol. The van der Waals surface area contributed by atoms with Gasteiger partial charge in [-0.3, -0.25) is 9.59 Å². The number of pyridine rings is 1. The first kappa shape index (κ1) is 12.5. The van der Waals surface area contributed by atoms with Crippen molar-refractivity contribution in [2.75, 3.05) is 6.54 Å². The molecule has 2 aliphatic rings. The van der Waals surface area contributed by atoms with E-state index in [4.69, 9.17) is 0 Å². The monoisotopic (exact) mass is 260 g/mol. The fourth-order valence-electron chi connectivity index (χ4n) is 3.59. The van der Waals surface area contributed by atoms with E-state index in [1.54, 1.807) is 6.07 Å². The number of H-pyrrole nitrogens is 1. The van der Waals surface area contributed by atoms with Gasteiger partial charge in [0.1, 0.15) is 0 Å². The van der Waals surface area contributed by atoms with E-state index in [1.165, 1.54) is 37.9 Å². The summed E-state index contributed by atoms with van der Waals surface area (Å²) in [5.41, 5.74) is 0.441. The molecule has 1 aromatic rings. The molecule has 2 heterocycles. The average molecular weight is 260 g/mol. The Morgan fingerprint density at radius 2 is 1.95 bits per heavy atom. The lowest BCUT2D eigenvalue weighted by atomic mass is 9.78. The van der Waals surface area contributed by atoms with E-state index in [0.29, 0.717) is 17.5 Å². The van der Waals surface area contributed by atoms with E-state index < -0.39 is 0 Å². The summed E-state index contributed by atoms with van der Waals surface area (Å²) >= 11 is 0. The van der Waals surface area contributed by atoms with Crippen LogP contribution in [0, 0.1) is 5.92 Å². The van der Waals surface area contributed by atoms with Crippen LogP contribution in [0.3, 0.4) is 0 Å². The van der Waals surface area contributed by atoms with Crippen molar-refractivity contribution >= 4 is 5.91 Å². The number of hydrogen-bond acceptors (Lipinski definition) is 2. The van der Waals surface area contributed by atoms with Gasteiger partial charge >= 0.3 is 0 Å². The van der Waals surface area contributed by atoms with Crippen LogP contribution in [0.5, 0.6) is 0 Å². The number of nitrogens with one attached hydrogen (secondary N) is 1. The summed E-state index contributed by atoms with van der Waals surface area (Å²) in [6, 6.07) is 3.48. The van der Waals surface area contributed by atoms with Crippen LogP contribution >= 0.6 is 0 Å². The van der Waals surface area contributed by atoms with E-state index in [9.17, 15) is 9.59 Å². The summed E-state index contributed by atoms with van der Waals surface area (Å²) in [5, 5.41) is 0. The van der Waals surface area contributed by atoms with Crippen LogP contribution in [0.25, 0.3) is 0 Å². The van der Waals surface area contributed by atoms with Gasteiger partial charge in [0.25, 0.3) is 5.91 Å². The van der Waals surface area contributed by atoms with Crippen molar-refractivity contribution in [3.8, 4) is 0 Å². The summed E-state index contributed by atoms with van der Waals surface area (Å²) in [6.45, 7) is 0.860. The maximum Gasteiger partial charge on any atom is 0.255 e. The van der Waals surface area contributed by atoms with Crippen LogP contribution in [0.15, 0.2) is 23.1 Å².